The zero-order chi connectivity index (χ0) is 19.3. The first kappa shape index (κ1) is 17.2. The second-order valence-electron chi connectivity index (χ2n) is 5.73. The number of amides is 2. The van der Waals surface area contributed by atoms with Crippen molar-refractivity contribution in [3.63, 3.8) is 0 Å². The van der Waals surface area contributed by atoms with E-state index in [1.54, 1.807) is 60.7 Å². The second-order valence-corrected chi connectivity index (χ2v) is 5.73. The quantitative estimate of drug-likeness (QED) is 0.555. The number of hydrogen-bond acceptors (Lipinski definition) is 6. The van der Waals surface area contributed by atoms with Crippen molar-refractivity contribution in [3.8, 4) is 5.69 Å². The largest absolute Gasteiger partial charge is 0.459 e. The van der Waals surface area contributed by atoms with Gasteiger partial charge >= 0.3 is 0 Å². The van der Waals surface area contributed by atoms with E-state index in [9.17, 15) is 9.59 Å². The molecule has 2 N–H and O–H groups in total. The number of anilines is 2. The fraction of sp³-hybridized carbons (Fsp3) is 0. The van der Waals surface area contributed by atoms with Gasteiger partial charge in [0.15, 0.2) is 5.76 Å². The summed E-state index contributed by atoms with van der Waals surface area (Å²) >= 11 is 0. The Labute approximate surface area is 159 Å². The molecule has 0 spiro atoms. The molecule has 9 heteroatoms. The zero-order valence-corrected chi connectivity index (χ0v) is 14.4. The van der Waals surface area contributed by atoms with Gasteiger partial charge in [0, 0.05) is 11.4 Å². The molecular formula is C19H14N6O3. The van der Waals surface area contributed by atoms with Crippen LogP contribution in [0.2, 0.25) is 0 Å². The number of benzene rings is 2. The van der Waals surface area contributed by atoms with E-state index < -0.39 is 0 Å². The molecule has 2 heterocycles. The molecule has 2 aromatic carbocycles. The minimum Gasteiger partial charge on any atom is -0.459 e. The van der Waals surface area contributed by atoms with Crippen molar-refractivity contribution in [2.24, 2.45) is 0 Å². The smallest absolute Gasteiger partial charge is 0.291 e. The number of tetrazole rings is 1. The summed E-state index contributed by atoms with van der Waals surface area (Å²) in [5.41, 5.74) is 2.14. The molecule has 0 saturated carbocycles. The zero-order valence-electron chi connectivity index (χ0n) is 14.4. The van der Waals surface area contributed by atoms with Gasteiger partial charge < -0.3 is 15.1 Å². The van der Waals surface area contributed by atoms with Gasteiger partial charge in [-0.3, -0.25) is 9.59 Å². The van der Waals surface area contributed by atoms with Crippen molar-refractivity contribution >= 4 is 23.2 Å². The molecule has 9 nitrogen and oxygen atoms in total. The number of nitrogens with zero attached hydrogens (tertiary/aromatic N) is 4. The molecule has 0 fully saturated rings. The molecule has 0 aliphatic heterocycles. The molecule has 0 aliphatic rings. The van der Waals surface area contributed by atoms with Gasteiger partial charge in [0.1, 0.15) is 6.33 Å². The summed E-state index contributed by atoms with van der Waals surface area (Å²) in [6.07, 6.45) is 2.85. The van der Waals surface area contributed by atoms with Crippen LogP contribution in [0.15, 0.2) is 77.7 Å². The van der Waals surface area contributed by atoms with Crippen LogP contribution >= 0.6 is 0 Å². The average Bonchev–Trinajstić information content (AvgIpc) is 3.43. The van der Waals surface area contributed by atoms with Crippen molar-refractivity contribution in [1.29, 1.82) is 0 Å². The maximum Gasteiger partial charge on any atom is 0.291 e. The minimum atomic E-state index is -0.350. The standard InChI is InChI=1S/C19H14N6O3/c26-18(15-4-1-2-5-16(15)25-12-20-23-24-25)21-13-7-9-14(10-8-13)22-19(27)17-6-3-11-28-17/h1-12H,(H,21,26)(H,22,27). The van der Waals surface area contributed by atoms with Crippen molar-refractivity contribution < 1.29 is 14.0 Å². The lowest BCUT2D eigenvalue weighted by Crippen LogP contribution is -2.15. The van der Waals surface area contributed by atoms with E-state index >= 15 is 0 Å². The van der Waals surface area contributed by atoms with Gasteiger partial charge in [0.25, 0.3) is 11.8 Å². The Kier molecular flexibility index (Phi) is 4.62. The summed E-state index contributed by atoms with van der Waals surface area (Å²) in [6.45, 7) is 0. The van der Waals surface area contributed by atoms with Crippen LogP contribution in [0, 0.1) is 0 Å². The summed E-state index contributed by atoms with van der Waals surface area (Å²) in [6, 6.07) is 17.0. The van der Waals surface area contributed by atoms with E-state index in [2.05, 4.69) is 26.2 Å². The number of aromatic nitrogens is 4. The number of furan rings is 1. The predicted molar refractivity (Wildman–Crippen MR) is 100 cm³/mol. The van der Waals surface area contributed by atoms with E-state index in [1.165, 1.54) is 17.3 Å². The van der Waals surface area contributed by atoms with Crippen molar-refractivity contribution in [2.75, 3.05) is 10.6 Å². The van der Waals surface area contributed by atoms with E-state index in [1.807, 2.05) is 0 Å². The van der Waals surface area contributed by atoms with Gasteiger partial charge in [-0.2, -0.15) is 4.68 Å². The Bertz CT molecular complexity index is 1090. The summed E-state index contributed by atoms with van der Waals surface area (Å²) in [5.74, 6) is -0.438. The monoisotopic (exact) mass is 374 g/mol. The molecule has 2 aromatic heterocycles. The summed E-state index contributed by atoms with van der Waals surface area (Å²) in [4.78, 5) is 24.7. The van der Waals surface area contributed by atoms with Crippen LogP contribution in [0.1, 0.15) is 20.9 Å². The van der Waals surface area contributed by atoms with Crippen molar-refractivity contribution in [1.82, 2.24) is 20.2 Å². The molecule has 2 amide bonds. The summed E-state index contributed by atoms with van der Waals surface area (Å²) in [5, 5.41) is 16.5. The van der Waals surface area contributed by atoms with E-state index in [0.29, 0.717) is 22.6 Å². The van der Waals surface area contributed by atoms with Gasteiger partial charge in [-0.25, -0.2) is 0 Å². The minimum absolute atomic E-state index is 0.219. The molecule has 28 heavy (non-hydrogen) atoms. The van der Waals surface area contributed by atoms with Crippen LogP contribution in [-0.2, 0) is 0 Å². The Morgan fingerprint density at radius 3 is 2.21 bits per heavy atom. The maximum atomic E-state index is 12.7. The lowest BCUT2D eigenvalue weighted by molar-refractivity contribution is 0.0994. The molecule has 0 bridgehead atoms. The number of para-hydroxylation sites is 1. The first-order valence-corrected chi connectivity index (χ1v) is 8.29. The van der Waals surface area contributed by atoms with E-state index in [0.717, 1.165) is 0 Å². The van der Waals surface area contributed by atoms with Crippen molar-refractivity contribution in [2.45, 2.75) is 0 Å². The van der Waals surface area contributed by atoms with E-state index in [-0.39, 0.29) is 17.6 Å². The Morgan fingerprint density at radius 1 is 0.857 bits per heavy atom. The first-order valence-electron chi connectivity index (χ1n) is 8.29. The van der Waals surface area contributed by atoms with Crippen LogP contribution in [0.5, 0.6) is 0 Å². The number of rotatable bonds is 5. The molecule has 138 valence electrons. The number of carbonyl (C=O) groups excluding carboxylic acids is 2. The van der Waals surface area contributed by atoms with Gasteiger partial charge in [0.2, 0.25) is 0 Å². The molecular weight excluding hydrogens is 360 g/mol. The number of nitrogens with one attached hydrogen (secondary N) is 2. The third kappa shape index (κ3) is 3.63. The van der Waals surface area contributed by atoms with Crippen LogP contribution in [-0.4, -0.2) is 32.0 Å². The van der Waals surface area contributed by atoms with Gasteiger partial charge in [-0.05, 0) is 59.0 Å². The fourth-order valence-corrected chi connectivity index (χ4v) is 2.57. The topological polar surface area (TPSA) is 115 Å². The summed E-state index contributed by atoms with van der Waals surface area (Å²) < 4.78 is 6.47. The molecule has 0 saturated heterocycles. The van der Waals surface area contributed by atoms with Crippen LogP contribution in [0.25, 0.3) is 5.69 Å². The highest BCUT2D eigenvalue weighted by Crippen LogP contribution is 2.18. The Hall–Kier alpha value is -4.27. The Balaban J connectivity index is 1.47. The van der Waals surface area contributed by atoms with Gasteiger partial charge in [-0.15, -0.1) is 5.10 Å². The SMILES string of the molecule is O=C(Nc1ccc(NC(=O)c2ccccc2-n2cnnn2)cc1)c1ccco1. The fourth-order valence-electron chi connectivity index (χ4n) is 2.57. The molecule has 4 aromatic rings. The highest BCUT2D eigenvalue weighted by molar-refractivity contribution is 6.07. The normalized spacial score (nSPS) is 10.4. The molecule has 0 radical (unpaired) electrons. The Morgan fingerprint density at radius 2 is 1.57 bits per heavy atom. The van der Waals surface area contributed by atoms with Crippen molar-refractivity contribution in [3.05, 3.63) is 84.6 Å². The van der Waals surface area contributed by atoms with Crippen LogP contribution in [0.3, 0.4) is 0 Å². The predicted octanol–water partition coefficient (Wildman–Crippen LogP) is 2.76. The first-order chi connectivity index (χ1) is 13.7. The third-order valence-corrected chi connectivity index (χ3v) is 3.89. The lowest BCUT2D eigenvalue weighted by atomic mass is 10.1. The van der Waals surface area contributed by atoms with Crippen LogP contribution in [0.4, 0.5) is 11.4 Å². The molecule has 0 unspecified atom stereocenters. The highest BCUT2D eigenvalue weighted by atomic mass is 16.3. The molecule has 0 aliphatic carbocycles. The summed E-state index contributed by atoms with van der Waals surface area (Å²) in [7, 11) is 0. The van der Waals surface area contributed by atoms with E-state index in [4.69, 9.17) is 4.42 Å². The van der Waals surface area contributed by atoms with Gasteiger partial charge in [0.05, 0.1) is 17.5 Å². The lowest BCUT2D eigenvalue weighted by Gasteiger charge is -2.10. The molecule has 4 rings (SSSR count). The number of hydrogen-bond donors (Lipinski definition) is 2. The average molecular weight is 374 g/mol. The van der Waals surface area contributed by atoms with Gasteiger partial charge in [-0.1, -0.05) is 12.1 Å². The second kappa shape index (κ2) is 7.54. The molecule has 0 atom stereocenters. The van der Waals surface area contributed by atoms with Crippen LogP contribution < -0.4 is 10.6 Å². The highest BCUT2D eigenvalue weighted by Gasteiger charge is 2.14. The third-order valence-electron chi connectivity index (χ3n) is 3.89. The maximum absolute atomic E-state index is 12.7. The number of carbonyl (C=O) groups is 2.